The van der Waals surface area contributed by atoms with Crippen LogP contribution >= 0.6 is 0 Å². The van der Waals surface area contributed by atoms with Gasteiger partial charge >= 0.3 is 0 Å². The van der Waals surface area contributed by atoms with Gasteiger partial charge in [0.1, 0.15) is 5.82 Å². The Morgan fingerprint density at radius 3 is 2.50 bits per heavy atom. The van der Waals surface area contributed by atoms with Crippen LogP contribution in [-0.2, 0) is 6.42 Å². The molecular weight excluding hydrogens is 268 g/mol. The summed E-state index contributed by atoms with van der Waals surface area (Å²) in [5.41, 5.74) is 6.07. The van der Waals surface area contributed by atoms with Crippen molar-refractivity contribution in [3.63, 3.8) is 0 Å². The molecular formula is C20H22N2. The van der Waals surface area contributed by atoms with Gasteiger partial charge in [0.25, 0.3) is 0 Å². The van der Waals surface area contributed by atoms with E-state index in [1.807, 2.05) is 6.07 Å². The van der Waals surface area contributed by atoms with E-state index < -0.39 is 0 Å². The van der Waals surface area contributed by atoms with E-state index in [4.69, 9.17) is 4.98 Å². The maximum atomic E-state index is 4.88. The molecule has 2 heteroatoms. The second-order valence-electron chi connectivity index (χ2n) is 5.83. The molecule has 0 unspecified atom stereocenters. The van der Waals surface area contributed by atoms with Crippen LogP contribution in [-0.4, -0.2) is 9.55 Å². The lowest BCUT2D eigenvalue weighted by Crippen LogP contribution is -1.99. The van der Waals surface area contributed by atoms with Crippen LogP contribution in [0.25, 0.3) is 17.1 Å². The summed E-state index contributed by atoms with van der Waals surface area (Å²) in [6.07, 6.45) is 4.31. The van der Waals surface area contributed by atoms with Crippen molar-refractivity contribution in [1.29, 1.82) is 0 Å². The molecule has 0 fully saturated rings. The SMILES string of the molecule is CCCc1cn(-c2cc(C)ccc2C)c(-c2ccccc2)n1. The van der Waals surface area contributed by atoms with Gasteiger partial charge in [-0.15, -0.1) is 0 Å². The van der Waals surface area contributed by atoms with E-state index in [9.17, 15) is 0 Å². The Balaban J connectivity index is 2.19. The largest absolute Gasteiger partial charge is 0.299 e. The Bertz CT molecular complexity index is 770. The molecule has 3 rings (SSSR count). The number of imidazole rings is 1. The van der Waals surface area contributed by atoms with E-state index in [0.29, 0.717) is 0 Å². The highest BCUT2D eigenvalue weighted by Crippen LogP contribution is 2.26. The van der Waals surface area contributed by atoms with Crippen LogP contribution in [0.5, 0.6) is 0 Å². The maximum absolute atomic E-state index is 4.88. The number of benzene rings is 2. The summed E-state index contributed by atoms with van der Waals surface area (Å²) in [6, 6.07) is 17.0. The van der Waals surface area contributed by atoms with Crippen molar-refractivity contribution in [2.24, 2.45) is 0 Å². The Morgan fingerprint density at radius 2 is 1.77 bits per heavy atom. The summed E-state index contributed by atoms with van der Waals surface area (Å²) < 4.78 is 2.24. The summed E-state index contributed by atoms with van der Waals surface area (Å²) in [4.78, 5) is 4.88. The molecule has 0 saturated carbocycles. The van der Waals surface area contributed by atoms with Crippen LogP contribution in [0.1, 0.15) is 30.2 Å². The van der Waals surface area contributed by atoms with E-state index in [1.54, 1.807) is 0 Å². The highest BCUT2D eigenvalue weighted by Gasteiger charge is 2.13. The molecule has 0 aliphatic heterocycles. The molecule has 0 bridgehead atoms. The van der Waals surface area contributed by atoms with Gasteiger partial charge in [0.05, 0.1) is 11.4 Å². The molecule has 112 valence electrons. The van der Waals surface area contributed by atoms with Crippen molar-refractivity contribution < 1.29 is 0 Å². The van der Waals surface area contributed by atoms with Crippen molar-refractivity contribution >= 4 is 0 Å². The standard InChI is InChI=1S/C20H22N2/c1-4-8-18-14-22(19-13-15(2)11-12-16(19)3)20(21-18)17-9-6-5-7-10-17/h5-7,9-14H,4,8H2,1-3H3. The quantitative estimate of drug-likeness (QED) is 0.653. The molecule has 0 aliphatic carbocycles. The fraction of sp³-hybridized carbons (Fsp3) is 0.250. The van der Waals surface area contributed by atoms with Gasteiger partial charge in [0.2, 0.25) is 0 Å². The highest BCUT2D eigenvalue weighted by molar-refractivity contribution is 5.60. The van der Waals surface area contributed by atoms with Gasteiger partial charge in [0, 0.05) is 11.8 Å². The maximum Gasteiger partial charge on any atom is 0.144 e. The fourth-order valence-electron chi connectivity index (χ4n) is 2.76. The molecule has 0 spiro atoms. The average Bonchev–Trinajstić information content (AvgIpc) is 2.95. The molecule has 2 nitrogen and oxygen atoms in total. The summed E-state index contributed by atoms with van der Waals surface area (Å²) >= 11 is 0. The van der Waals surface area contributed by atoms with Crippen LogP contribution < -0.4 is 0 Å². The van der Waals surface area contributed by atoms with Gasteiger partial charge in [-0.25, -0.2) is 4.98 Å². The van der Waals surface area contributed by atoms with Crippen LogP contribution in [0.2, 0.25) is 0 Å². The summed E-state index contributed by atoms with van der Waals surface area (Å²) in [7, 11) is 0. The van der Waals surface area contributed by atoms with E-state index in [-0.39, 0.29) is 0 Å². The van der Waals surface area contributed by atoms with E-state index in [2.05, 4.69) is 74.0 Å². The minimum Gasteiger partial charge on any atom is -0.299 e. The van der Waals surface area contributed by atoms with Crippen molar-refractivity contribution in [2.75, 3.05) is 0 Å². The van der Waals surface area contributed by atoms with Gasteiger partial charge < -0.3 is 0 Å². The Labute approximate surface area is 132 Å². The zero-order valence-corrected chi connectivity index (χ0v) is 13.5. The molecule has 22 heavy (non-hydrogen) atoms. The lowest BCUT2D eigenvalue weighted by Gasteiger charge is -2.11. The van der Waals surface area contributed by atoms with Crippen molar-refractivity contribution in [3.8, 4) is 17.1 Å². The second kappa shape index (κ2) is 6.18. The lowest BCUT2D eigenvalue weighted by atomic mass is 10.1. The number of rotatable bonds is 4. The van der Waals surface area contributed by atoms with Gasteiger partial charge in [-0.05, 0) is 37.5 Å². The van der Waals surface area contributed by atoms with Gasteiger partial charge in [-0.1, -0.05) is 55.8 Å². The summed E-state index contributed by atoms with van der Waals surface area (Å²) in [5, 5.41) is 0. The summed E-state index contributed by atoms with van der Waals surface area (Å²) in [5.74, 6) is 1.03. The Morgan fingerprint density at radius 1 is 1.00 bits per heavy atom. The van der Waals surface area contributed by atoms with E-state index >= 15 is 0 Å². The van der Waals surface area contributed by atoms with Crippen molar-refractivity contribution in [3.05, 3.63) is 71.5 Å². The van der Waals surface area contributed by atoms with E-state index in [0.717, 1.165) is 29.9 Å². The van der Waals surface area contributed by atoms with Crippen molar-refractivity contribution in [1.82, 2.24) is 9.55 Å². The average molecular weight is 290 g/mol. The predicted octanol–water partition coefficient (Wildman–Crippen LogP) is 5.11. The second-order valence-corrected chi connectivity index (χ2v) is 5.83. The first-order chi connectivity index (χ1) is 10.7. The first kappa shape index (κ1) is 14.6. The lowest BCUT2D eigenvalue weighted by molar-refractivity contribution is 0.892. The first-order valence-electron chi connectivity index (χ1n) is 7.90. The Kier molecular flexibility index (Phi) is 4.10. The first-order valence-corrected chi connectivity index (χ1v) is 7.90. The molecule has 2 aromatic carbocycles. The molecule has 0 N–H and O–H groups in total. The van der Waals surface area contributed by atoms with Crippen molar-refractivity contribution in [2.45, 2.75) is 33.6 Å². The third kappa shape index (κ3) is 2.82. The van der Waals surface area contributed by atoms with Gasteiger partial charge in [0.15, 0.2) is 0 Å². The van der Waals surface area contributed by atoms with Crippen LogP contribution in [0.15, 0.2) is 54.7 Å². The van der Waals surface area contributed by atoms with Crippen LogP contribution in [0, 0.1) is 13.8 Å². The zero-order chi connectivity index (χ0) is 15.5. The minimum atomic E-state index is 1.01. The third-order valence-electron chi connectivity index (χ3n) is 3.92. The molecule has 0 amide bonds. The Hall–Kier alpha value is -2.35. The topological polar surface area (TPSA) is 17.8 Å². The number of aryl methyl sites for hydroxylation is 3. The molecule has 3 aromatic rings. The molecule has 0 aliphatic rings. The van der Waals surface area contributed by atoms with Crippen LogP contribution in [0.3, 0.4) is 0 Å². The molecule has 1 aromatic heterocycles. The van der Waals surface area contributed by atoms with E-state index in [1.165, 1.54) is 16.8 Å². The number of nitrogens with zero attached hydrogens (tertiary/aromatic N) is 2. The third-order valence-corrected chi connectivity index (χ3v) is 3.92. The zero-order valence-electron chi connectivity index (χ0n) is 13.5. The molecule has 0 radical (unpaired) electrons. The molecule has 0 saturated heterocycles. The normalized spacial score (nSPS) is 10.9. The summed E-state index contributed by atoms with van der Waals surface area (Å²) in [6.45, 7) is 6.48. The predicted molar refractivity (Wildman–Crippen MR) is 92.5 cm³/mol. The highest BCUT2D eigenvalue weighted by atomic mass is 15.1. The molecule has 1 heterocycles. The fourth-order valence-corrected chi connectivity index (χ4v) is 2.76. The van der Waals surface area contributed by atoms with Crippen LogP contribution in [0.4, 0.5) is 0 Å². The minimum absolute atomic E-state index is 1.01. The van der Waals surface area contributed by atoms with Gasteiger partial charge in [-0.3, -0.25) is 4.57 Å². The molecule has 0 atom stereocenters. The number of hydrogen-bond donors (Lipinski definition) is 0. The van der Waals surface area contributed by atoms with Gasteiger partial charge in [-0.2, -0.15) is 0 Å². The smallest absolute Gasteiger partial charge is 0.144 e. The number of hydrogen-bond acceptors (Lipinski definition) is 1. The monoisotopic (exact) mass is 290 g/mol. The number of aromatic nitrogens is 2.